The van der Waals surface area contributed by atoms with Gasteiger partial charge >= 0.3 is 0 Å². The third kappa shape index (κ3) is 2.69. The Labute approximate surface area is 141 Å². The first kappa shape index (κ1) is 14.6. The fourth-order valence-electron chi connectivity index (χ4n) is 3.14. The van der Waals surface area contributed by atoms with Gasteiger partial charge in [0, 0.05) is 29.5 Å². The molecule has 2 aromatic heterocycles. The second kappa shape index (κ2) is 5.93. The Balaban J connectivity index is 1.53. The van der Waals surface area contributed by atoms with E-state index in [1.165, 1.54) is 11.1 Å². The summed E-state index contributed by atoms with van der Waals surface area (Å²) in [5.41, 5.74) is 5.31. The van der Waals surface area contributed by atoms with Gasteiger partial charge in [0.25, 0.3) is 0 Å². The predicted molar refractivity (Wildman–Crippen MR) is 93.7 cm³/mol. The second-order valence-corrected chi connectivity index (χ2v) is 6.25. The van der Waals surface area contributed by atoms with Crippen molar-refractivity contribution >= 4 is 11.9 Å². The number of carbonyl (C=O) groups is 1. The average Bonchev–Trinajstić information content (AvgIpc) is 3.15. The van der Waals surface area contributed by atoms with E-state index in [1.807, 2.05) is 29.0 Å². The molecule has 0 saturated carbocycles. The van der Waals surface area contributed by atoms with Gasteiger partial charge in [0.1, 0.15) is 0 Å². The van der Waals surface area contributed by atoms with E-state index in [0.717, 1.165) is 23.4 Å². The van der Waals surface area contributed by atoms with Crippen LogP contribution >= 0.6 is 0 Å². The molecule has 0 fully saturated rings. The zero-order valence-corrected chi connectivity index (χ0v) is 13.6. The first-order chi connectivity index (χ1) is 11.7. The molecule has 0 radical (unpaired) electrons. The minimum atomic E-state index is 0.136. The Kier molecular flexibility index (Phi) is 3.62. The zero-order chi connectivity index (χ0) is 16.5. The molecule has 0 bridgehead atoms. The zero-order valence-electron chi connectivity index (χ0n) is 13.6. The molecule has 0 amide bonds. The van der Waals surface area contributed by atoms with E-state index < -0.39 is 0 Å². The molecule has 3 nitrogen and oxygen atoms in total. The molecule has 4 rings (SSSR count). The number of hydrogen-bond donors (Lipinski definition) is 0. The minimum absolute atomic E-state index is 0.136. The van der Waals surface area contributed by atoms with Crippen LogP contribution in [-0.4, -0.2) is 10.4 Å². The third-order valence-electron chi connectivity index (χ3n) is 4.57. The normalized spacial score (nSPS) is 15.0. The van der Waals surface area contributed by atoms with Gasteiger partial charge in [-0.2, -0.15) is 0 Å². The lowest BCUT2D eigenvalue weighted by molar-refractivity contribution is -0.688. The highest BCUT2D eigenvalue weighted by atomic mass is 16.1. The molecule has 118 valence electrons. The Morgan fingerprint density at radius 3 is 2.62 bits per heavy atom. The Morgan fingerprint density at radius 1 is 1.08 bits per heavy atom. The molecule has 0 atom stereocenters. The number of hydrogen-bond acceptors (Lipinski definition) is 1. The molecule has 0 unspecified atom stereocenters. The molecule has 0 aliphatic carbocycles. The van der Waals surface area contributed by atoms with Crippen LogP contribution < -0.4 is 4.57 Å². The molecule has 1 aromatic carbocycles. The van der Waals surface area contributed by atoms with Crippen molar-refractivity contribution in [1.29, 1.82) is 0 Å². The van der Waals surface area contributed by atoms with Crippen molar-refractivity contribution in [2.75, 3.05) is 0 Å². The maximum Gasteiger partial charge on any atom is 0.207 e. The van der Waals surface area contributed by atoms with Crippen molar-refractivity contribution in [2.24, 2.45) is 0 Å². The number of pyridine rings is 1. The average molecular weight is 315 g/mol. The summed E-state index contributed by atoms with van der Waals surface area (Å²) >= 11 is 0. The van der Waals surface area contributed by atoms with E-state index in [2.05, 4.69) is 60.3 Å². The number of benzene rings is 1. The Bertz CT molecular complexity index is 932. The third-order valence-corrected chi connectivity index (χ3v) is 4.57. The van der Waals surface area contributed by atoms with Gasteiger partial charge in [0.05, 0.1) is 12.2 Å². The van der Waals surface area contributed by atoms with Gasteiger partial charge in [-0.1, -0.05) is 24.3 Å². The number of allylic oxidation sites excluding steroid dienone is 1. The highest BCUT2D eigenvalue weighted by Gasteiger charge is 2.23. The van der Waals surface area contributed by atoms with E-state index in [4.69, 9.17) is 0 Å². The first-order valence-corrected chi connectivity index (χ1v) is 8.15. The maximum absolute atomic E-state index is 12.3. The maximum atomic E-state index is 12.3. The van der Waals surface area contributed by atoms with Gasteiger partial charge < -0.3 is 4.57 Å². The fraction of sp³-hybridized carbons (Fsp3) is 0.143. The SMILES string of the molecule is Cc1ccccc1C[n+]1ccc(C=C2Cn3cccc3C2=O)cc1. The highest BCUT2D eigenvalue weighted by molar-refractivity contribution is 6.12. The summed E-state index contributed by atoms with van der Waals surface area (Å²) in [4.78, 5) is 12.3. The summed E-state index contributed by atoms with van der Waals surface area (Å²) < 4.78 is 4.15. The van der Waals surface area contributed by atoms with Crippen molar-refractivity contribution < 1.29 is 9.36 Å². The molecule has 0 N–H and O–H groups in total. The molecule has 0 spiro atoms. The van der Waals surface area contributed by atoms with Crippen LogP contribution in [0.15, 0.2) is 72.7 Å². The molecule has 1 aliphatic rings. The summed E-state index contributed by atoms with van der Waals surface area (Å²) in [6, 6.07) is 16.3. The van der Waals surface area contributed by atoms with E-state index in [0.29, 0.717) is 6.54 Å². The van der Waals surface area contributed by atoms with Gasteiger partial charge in [0.15, 0.2) is 18.9 Å². The first-order valence-electron chi connectivity index (χ1n) is 8.15. The van der Waals surface area contributed by atoms with Crippen LogP contribution in [0, 0.1) is 6.92 Å². The molecule has 1 aliphatic heterocycles. The van der Waals surface area contributed by atoms with E-state index in [9.17, 15) is 4.79 Å². The monoisotopic (exact) mass is 315 g/mol. The van der Waals surface area contributed by atoms with Gasteiger partial charge in [-0.05, 0) is 36.3 Å². The van der Waals surface area contributed by atoms with Crippen LogP contribution in [-0.2, 0) is 13.1 Å². The Hall–Kier alpha value is -2.94. The van der Waals surface area contributed by atoms with Crippen molar-refractivity contribution in [3.8, 4) is 0 Å². The van der Waals surface area contributed by atoms with Crippen molar-refractivity contribution in [2.45, 2.75) is 20.0 Å². The van der Waals surface area contributed by atoms with Crippen LogP contribution in [0.4, 0.5) is 0 Å². The second-order valence-electron chi connectivity index (χ2n) is 6.25. The van der Waals surface area contributed by atoms with Gasteiger partial charge in [0.2, 0.25) is 5.78 Å². The summed E-state index contributed by atoms with van der Waals surface area (Å²) in [5, 5.41) is 0. The number of fused-ring (bicyclic) bond motifs is 1. The molecule has 3 aromatic rings. The van der Waals surface area contributed by atoms with Crippen LogP contribution in [0.2, 0.25) is 0 Å². The lowest BCUT2D eigenvalue weighted by Gasteiger charge is -2.02. The predicted octanol–water partition coefficient (Wildman–Crippen LogP) is 3.41. The minimum Gasteiger partial charge on any atom is -0.340 e. The fourth-order valence-corrected chi connectivity index (χ4v) is 3.14. The molecule has 3 heterocycles. The smallest absolute Gasteiger partial charge is 0.207 e. The summed E-state index contributed by atoms with van der Waals surface area (Å²) in [6.07, 6.45) is 8.08. The van der Waals surface area contributed by atoms with E-state index in [-0.39, 0.29) is 5.78 Å². The van der Waals surface area contributed by atoms with Gasteiger partial charge in [-0.25, -0.2) is 4.57 Å². The van der Waals surface area contributed by atoms with Gasteiger partial charge in [-0.3, -0.25) is 4.79 Å². The summed E-state index contributed by atoms with van der Waals surface area (Å²) in [6.45, 7) is 3.66. The Morgan fingerprint density at radius 2 is 1.88 bits per heavy atom. The molecular weight excluding hydrogens is 296 g/mol. The lowest BCUT2D eigenvalue weighted by atomic mass is 10.1. The molecule has 0 saturated heterocycles. The number of carbonyl (C=O) groups excluding carboxylic acids is 1. The molecule has 3 heteroatoms. The van der Waals surface area contributed by atoms with Crippen LogP contribution in [0.25, 0.3) is 6.08 Å². The van der Waals surface area contributed by atoms with Gasteiger partial charge in [-0.15, -0.1) is 0 Å². The van der Waals surface area contributed by atoms with E-state index >= 15 is 0 Å². The number of rotatable bonds is 3. The summed E-state index contributed by atoms with van der Waals surface area (Å²) in [7, 11) is 0. The van der Waals surface area contributed by atoms with E-state index in [1.54, 1.807) is 0 Å². The lowest BCUT2D eigenvalue weighted by Crippen LogP contribution is -2.33. The number of aromatic nitrogens is 2. The van der Waals surface area contributed by atoms with Crippen molar-refractivity contribution in [3.05, 3.63) is 95.1 Å². The number of aryl methyl sites for hydroxylation is 1. The number of ketones is 1. The van der Waals surface area contributed by atoms with Crippen LogP contribution in [0.1, 0.15) is 27.2 Å². The summed E-state index contributed by atoms with van der Waals surface area (Å²) in [5.74, 6) is 0.136. The van der Waals surface area contributed by atoms with Crippen LogP contribution in [0.3, 0.4) is 0 Å². The topological polar surface area (TPSA) is 25.9 Å². The van der Waals surface area contributed by atoms with Crippen molar-refractivity contribution in [3.63, 3.8) is 0 Å². The largest absolute Gasteiger partial charge is 0.340 e. The highest BCUT2D eigenvalue weighted by Crippen LogP contribution is 2.22. The standard InChI is InChI=1S/C21H19N2O/c1-16-5-2-3-6-18(16)14-22-11-8-17(9-12-22)13-19-15-23-10-4-7-20(23)21(19)24/h2-13H,14-15H2,1H3/q+1. The quantitative estimate of drug-likeness (QED) is 0.537. The number of Topliss-reactive ketones (excluding diaryl/α,β-unsaturated/α-hetero) is 1. The van der Waals surface area contributed by atoms with Crippen LogP contribution in [0.5, 0.6) is 0 Å². The molecular formula is C21H19N2O+. The molecule has 24 heavy (non-hydrogen) atoms. The van der Waals surface area contributed by atoms with Crippen molar-refractivity contribution in [1.82, 2.24) is 4.57 Å². The number of nitrogens with zero attached hydrogens (tertiary/aromatic N) is 2.